The normalized spacial score (nSPS) is 12.6. The summed E-state index contributed by atoms with van der Waals surface area (Å²) in [5.41, 5.74) is 0.712. The lowest BCUT2D eigenvalue weighted by Gasteiger charge is -2.08. The number of aromatic nitrogens is 2. The van der Waals surface area contributed by atoms with E-state index in [2.05, 4.69) is 9.97 Å². The minimum absolute atomic E-state index is 0.117. The number of hydrogen-bond donors (Lipinski definition) is 0. The van der Waals surface area contributed by atoms with Gasteiger partial charge >= 0.3 is 0 Å². The number of alkyl halides is 1. The first kappa shape index (κ1) is 9.26. The van der Waals surface area contributed by atoms with E-state index in [0.717, 1.165) is 6.42 Å². The molecule has 0 aliphatic heterocycles. The minimum atomic E-state index is -0.117. The van der Waals surface area contributed by atoms with Crippen molar-refractivity contribution in [3.05, 3.63) is 18.1 Å². The predicted octanol–water partition coefficient (Wildman–Crippen LogP) is 2.18. The van der Waals surface area contributed by atoms with E-state index < -0.39 is 0 Å². The Balaban J connectivity index is 2.96. The summed E-state index contributed by atoms with van der Waals surface area (Å²) in [4.78, 5) is 8.10. The van der Waals surface area contributed by atoms with Crippen LogP contribution in [-0.2, 0) is 0 Å². The highest BCUT2D eigenvalue weighted by atomic mass is 35.5. The Morgan fingerprint density at radius 2 is 2.17 bits per heavy atom. The molecule has 1 unspecified atom stereocenters. The summed E-state index contributed by atoms with van der Waals surface area (Å²) >= 11 is 5.99. The van der Waals surface area contributed by atoms with Crippen molar-refractivity contribution < 1.29 is 4.74 Å². The highest BCUT2D eigenvalue weighted by Gasteiger charge is 2.13. The van der Waals surface area contributed by atoms with Gasteiger partial charge in [0.15, 0.2) is 0 Å². The molecule has 0 radical (unpaired) electrons. The van der Waals surface area contributed by atoms with Crippen LogP contribution >= 0.6 is 11.6 Å². The SMILES string of the molecule is CCC(Cl)c1nccnc1OC. The Labute approximate surface area is 76.7 Å². The molecule has 0 aliphatic carbocycles. The second-order valence-corrected chi connectivity index (χ2v) is 2.85. The maximum atomic E-state index is 5.99. The summed E-state index contributed by atoms with van der Waals surface area (Å²) in [5.74, 6) is 0.513. The predicted molar refractivity (Wildman–Crippen MR) is 47.5 cm³/mol. The summed E-state index contributed by atoms with van der Waals surface area (Å²) in [6, 6.07) is 0. The van der Waals surface area contributed by atoms with Gasteiger partial charge in [-0.3, -0.25) is 4.98 Å². The van der Waals surface area contributed by atoms with Crippen LogP contribution in [0.15, 0.2) is 12.4 Å². The van der Waals surface area contributed by atoms with E-state index in [-0.39, 0.29) is 5.38 Å². The van der Waals surface area contributed by atoms with Crippen molar-refractivity contribution in [3.8, 4) is 5.88 Å². The molecule has 0 N–H and O–H groups in total. The molecular formula is C8H11ClN2O. The van der Waals surface area contributed by atoms with Crippen molar-refractivity contribution in [1.29, 1.82) is 0 Å². The number of nitrogens with zero attached hydrogens (tertiary/aromatic N) is 2. The van der Waals surface area contributed by atoms with Gasteiger partial charge in [-0.05, 0) is 6.42 Å². The fourth-order valence-corrected chi connectivity index (χ4v) is 1.05. The largest absolute Gasteiger partial charge is 0.480 e. The van der Waals surface area contributed by atoms with Crippen LogP contribution in [0.25, 0.3) is 0 Å². The van der Waals surface area contributed by atoms with Gasteiger partial charge in [-0.1, -0.05) is 6.92 Å². The zero-order chi connectivity index (χ0) is 8.97. The molecule has 66 valence electrons. The first-order valence-corrected chi connectivity index (χ1v) is 4.22. The van der Waals surface area contributed by atoms with Crippen molar-refractivity contribution in [2.24, 2.45) is 0 Å². The average molecular weight is 187 g/mol. The average Bonchev–Trinajstić information content (AvgIpc) is 2.16. The zero-order valence-electron chi connectivity index (χ0n) is 7.12. The van der Waals surface area contributed by atoms with Crippen LogP contribution in [0.2, 0.25) is 0 Å². The number of rotatable bonds is 3. The second kappa shape index (κ2) is 4.26. The van der Waals surface area contributed by atoms with E-state index in [1.54, 1.807) is 19.5 Å². The second-order valence-electron chi connectivity index (χ2n) is 2.33. The molecule has 0 aliphatic rings. The van der Waals surface area contributed by atoms with Gasteiger partial charge in [0.25, 0.3) is 0 Å². The van der Waals surface area contributed by atoms with Gasteiger partial charge in [0, 0.05) is 12.4 Å². The summed E-state index contributed by atoms with van der Waals surface area (Å²) < 4.78 is 5.01. The third kappa shape index (κ3) is 1.85. The molecular weight excluding hydrogens is 176 g/mol. The molecule has 0 aromatic carbocycles. The Morgan fingerprint density at radius 3 is 2.75 bits per heavy atom. The van der Waals surface area contributed by atoms with E-state index in [1.807, 2.05) is 6.92 Å². The van der Waals surface area contributed by atoms with Gasteiger partial charge in [0.2, 0.25) is 5.88 Å². The Hall–Kier alpha value is -0.830. The van der Waals surface area contributed by atoms with Crippen molar-refractivity contribution in [1.82, 2.24) is 9.97 Å². The number of ether oxygens (including phenoxy) is 1. The first-order chi connectivity index (χ1) is 5.79. The minimum Gasteiger partial charge on any atom is -0.480 e. The molecule has 0 saturated carbocycles. The molecule has 0 spiro atoms. The molecule has 1 aromatic rings. The molecule has 0 bridgehead atoms. The number of hydrogen-bond acceptors (Lipinski definition) is 3. The van der Waals surface area contributed by atoms with Crippen LogP contribution in [-0.4, -0.2) is 17.1 Å². The van der Waals surface area contributed by atoms with Gasteiger partial charge in [-0.25, -0.2) is 4.98 Å². The molecule has 1 heterocycles. The molecule has 4 heteroatoms. The summed E-state index contributed by atoms with van der Waals surface area (Å²) in [6.07, 6.45) is 4.01. The summed E-state index contributed by atoms with van der Waals surface area (Å²) in [5, 5.41) is -0.117. The van der Waals surface area contributed by atoms with Gasteiger partial charge in [0.05, 0.1) is 12.5 Å². The molecule has 3 nitrogen and oxygen atoms in total. The third-order valence-electron chi connectivity index (χ3n) is 1.54. The monoisotopic (exact) mass is 186 g/mol. The quantitative estimate of drug-likeness (QED) is 0.679. The molecule has 0 amide bonds. The van der Waals surface area contributed by atoms with E-state index in [0.29, 0.717) is 11.6 Å². The summed E-state index contributed by atoms with van der Waals surface area (Å²) in [6.45, 7) is 1.99. The molecule has 1 atom stereocenters. The van der Waals surface area contributed by atoms with Crippen molar-refractivity contribution >= 4 is 11.6 Å². The van der Waals surface area contributed by atoms with Crippen LogP contribution in [0.4, 0.5) is 0 Å². The molecule has 0 fully saturated rings. The van der Waals surface area contributed by atoms with Crippen LogP contribution in [0.5, 0.6) is 5.88 Å². The van der Waals surface area contributed by atoms with E-state index in [1.165, 1.54) is 0 Å². The van der Waals surface area contributed by atoms with Gasteiger partial charge < -0.3 is 4.74 Å². The van der Waals surface area contributed by atoms with Crippen molar-refractivity contribution in [3.63, 3.8) is 0 Å². The zero-order valence-corrected chi connectivity index (χ0v) is 7.88. The van der Waals surface area contributed by atoms with Crippen LogP contribution in [0.3, 0.4) is 0 Å². The Bertz CT molecular complexity index is 255. The van der Waals surface area contributed by atoms with Crippen LogP contribution < -0.4 is 4.74 Å². The molecule has 1 aromatic heterocycles. The number of halogens is 1. The smallest absolute Gasteiger partial charge is 0.236 e. The Kier molecular flexibility index (Phi) is 3.29. The van der Waals surface area contributed by atoms with Crippen LogP contribution in [0, 0.1) is 0 Å². The number of methoxy groups -OCH3 is 1. The maximum absolute atomic E-state index is 5.99. The van der Waals surface area contributed by atoms with Crippen molar-refractivity contribution in [2.45, 2.75) is 18.7 Å². The lowest BCUT2D eigenvalue weighted by molar-refractivity contribution is 0.388. The summed E-state index contributed by atoms with van der Waals surface area (Å²) in [7, 11) is 1.56. The van der Waals surface area contributed by atoms with Gasteiger partial charge in [-0.2, -0.15) is 0 Å². The maximum Gasteiger partial charge on any atom is 0.236 e. The van der Waals surface area contributed by atoms with Crippen molar-refractivity contribution in [2.75, 3.05) is 7.11 Å². The molecule has 1 rings (SSSR count). The molecule has 0 saturated heterocycles. The van der Waals surface area contributed by atoms with E-state index in [9.17, 15) is 0 Å². The Morgan fingerprint density at radius 1 is 1.50 bits per heavy atom. The molecule has 12 heavy (non-hydrogen) atoms. The standard InChI is InChI=1S/C8H11ClN2O/c1-3-6(9)7-8(12-2)11-5-4-10-7/h4-6H,3H2,1-2H3. The highest BCUT2D eigenvalue weighted by Crippen LogP contribution is 2.27. The lowest BCUT2D eigenvalue weighted by atomic mass is 10.2. The van der Waals surface area contributed by atoms with Gasteiger partial charge in [0.1, 0.15) is 5.69 Å². The third-order valence-corrected chi connectivity index (χ3v) is 2.05. The van der Waals surface area contributed by atoms with E-state index >= 15 is 0 Å². The topological polar surface area (TPSA) is 35.0 Å². The first-order valence-electron chi connectivity index (χ1n) is 3.78. The highest BCUT2D eigenvalue weighted by molar-refractivity contribution is 6.20. The lowest BCUT2D eigenvalue weighted by Crippen LogP contribution is -1.99. The van der Waals surface area contributed by atoms with Gasteiger partial charge in [-0.15, -0.1) is 11.6 Å². The van der Waals surface area contributed by atoms with E-state index in [4.69, 9.17) is 16.3 Å². The fraction of sp³-hybridized carbons (Fsp3) is 0.500. The van der Waals surface area contributed by atoms with Crippen LogP contribution in [0.1, 0.15) is 24.4 Å². The fourth-order valence-electron chi connectivity index (χ4n) is 0.901.